The zero-order valence-electron chi connectivity index (χ0n) is 15.0. The van der Waals surface area contributed by atoms with E-state index < -0.39 is 5.54 Å². The van der Waals surface area contributed by atoms with Crippen LogP contribution >= 0.6 is 11.3 Å². The molecule has 1 N–H and O–H groups in total. The van der Waals surface area contributed by atoms with E-state index in [1.165, 1.54) is 16.0 Å². The Bertz CT molecular complexity index is 991. The van der Waals surface area contributed by atoms with Crippen molar-refractivity contribution in [3.8, 4) is 0 Å². The normalized spacial score (nSPS) is 26.5. The SMILES string of the molecule is C/C=C1\[C@H]2C=C(C)C[C@]1(N=CC=Cc1cccs1)c1ccc(=O)[nH]c1C2. The van der Waals surface area contributed by atoms with E-state index >= 15 is 0 Å². The van der Waals surface area contributed by atoms with Crippen LogP contribution in [0.5, 0.6) is 0 Å². The Morgan fingerprint density at radius 3 is 3.00 bits per heavy atom. The molecule has 2 aromatic heterocycles. The minimum absolute atomic E-state index is 0.0387. The van der Waals surface area contributed by atoms with E-state index in [1.807, 2.05) is 24.4 Å². The summed E-state index contributed by atoms with van der Waals surface area (Å²) in [7, 11) is 0. The molecule has 0 saturated heterocycles. The fraction of sp³-hybridized carbons (Fsp3) is 0.273. The molecule has 2 aliphatic rings. The van der Waals surface area contributed by atoms with Gasteiger partial charge in [0.25, 0.3) is 0 Å². The van der Waals surface area contributed by atoms with Crippen LogP contribution in [0.15, 0.2) is 68.8 Å². The highest BCUT2D eigenvalue weighted by molar-refractivity contribution is 7.10. The zero-order chi connectivity index (χ0) is 18.1. The molecule has 26 heavy (non-hydrogen) atoms. The van der Waals surface area contributed by atoms with E-state index in [4.69, 9.17) is 4.99 Å². The Hall–Kier alpha value is -2.46. The standard InChI is InChI=1S/C22H22N2OS/c1-3-18-16-12-15(2)14-22(18,19-8-9-21(25)24-20(19)13-16)23-10-4-6-17-7-5-11-26-17/h3-12,16H,13-14H2,1-2H3,(H,24,25)/b6-4?,18-3+,23-10?/t16-,22+/m0/s1. The number of nitrogens with one attached hydrogen (secondary N) is 1. The largest absolute Gasteiger partial charge is 0.326 e. The second-order valence-electron chi connectivity index (χ2n) is 6.97. The van der Waals surface area contributed by atoms with Crippen molar-refractivity contribution >= 4 is 23.6 Å². The van der Waals surface area contributed by atoms with Crippen molar-refractivity contribution in [3.05, 3.63) is 85.5 Å². The van der Waals surface area contributed by atoms with Gasteiger partial charge in [-0.1, -0.05) is 23.8 Å². The van der Waals surface area contributed by atoms with E-state index in [0.29, 0.717) is 5.92 Å². The van der Waals surface area contributed by atoms with Crippen LogP contribution in [0.25, 0.3) is 6.08 Å². The lowest BCUT2D eigenvalue weighted by atomic mass is 9.63. The van der Waals surface area contributed by atoms with Gasteiger partial charge in [0, 0.05) is 40.8 Å². The fourth-order valence-electron chi connectivity index (χ4n) is 4.35. The third-order valence-corrected chi connectivity index (χ3v) is 6.10. The first-order valence-electron chi connectivity index (χ1n) is 8.94. The number of aromatic amines is 1. The van der Waals surface area contributed by atoms with Crippen LogP contribution in [0.4, 0.5) is 0 Å². The third kappa shape index (κ3) is 2.84. The predicted molar refractivity (Wildman–Crippen MR) is 110 cm³/mol. The fourth-order valence-corrected chi connectivity index (χ4v) is 4.98. The summed E-state index contributed by atoms with van der Waals surface area (Å²) in [6.45, 7) is 4.28. The molecule has 0 aromatic carbocycles. The molecule has 2 atom stereocenters. The van der Waals surface area contributed by atoms with E-state index in [1.54, 1.807) is 17.4 Å². The first-order valence-corrected chi connectivity index (χ1v) is 9.82. The van der Waals surface area contributed by atoms with E-state index in [-0.39, 0.29) is 5.56 Å². The molecule has 0 unspecified atom stereocenters. The summed E-state index contributed by atoms with van der Waals surface area (Å²) in [6.07, 6.45) is 12.2. The Labute approximate surface area is 157 Å². The van der Waals surface area contributed by atoms with Gasteiger partial charge >= 0.3 is 0 Å². The molecule has 4 heteroatoms. The van der Waals surface area contributed by atoms with Gasteiger partial charge in [-0.25, -0.2) is 0 Å². The maximum atomic E-state index is 11.8. The average Bonchev–Trinajstić information content (AvgIpc) is 3.11. The number of aliphatic imine (C=N–C) groups is 1. The molecule has 0 fully saturated rings. The summed E-state index contributed by atoms with van der Waals surface area (Å²) < 4.78 is 0. The van der Waals surface area contributed by atoms with Gasteiger partial charge in [0.05, 0.1) is 0 Å². The maximum absolute atomic E-state index is 11.8. The lowest BCUT2D eigenvalue weighted by Gasteiger charge is -2.45. The van der Waals surface area contributed by atoms with E-state index in [0.717, 1.165) is 24.1 Å². The van der Waals surface area contributed by atoms with Crippen LogP contribution in [-0.4, -0.2) is 11.2 Å². The van der Waals surface area contributed by atoms with Crippen LogP contribution < -0.4 is 5.56 Å². The number of H-pyrrole nitrogens is 1. The molecule has 0 amide bonds. The molecule has 0 saturated carbocycles. The van der Waals surface area contributed by atoms with Crippen molar-refractivity contribution in [2.75, 3.05) is 0 Å². The van der Waals surface area contributed by atoms with Crippen molar-refractivity contribution in [1.29, 1.82) is 0 Å². The number of pyridine rings is 1. The number of rotatable bonds is 3. The molecular formula is C22H22N2OS. The van der Waals surface area contributed by atoms with Crippen LogP contribution in [0.2, 0.25) is 0 Å². The van der Waals surface area contributed by atoms with Crippen LogP contribution in [0, 0.1) is 5.92 Å². The van der Waals surface area contributed by atoms with Gasteiger partial charge in [0.15, 0.2) is 0 Å². The topological polar surface area (TPSA) is 45.2 Å². The Kier molecular flexibility index (Phi) is 4.37. The Morgan fingerprint density at radius 1 is 1.35 bits per heavy atom. The second-order valence-corrected chi connectivity index (χ2v) is 7.95. The van der Waals surface area contributed by atoms with Crippen molar-refractivity contribution < 1.29 is 0 Å². The molecule has 132 valence electrons. The highest BCUT2D eigenvalue weighted by atomic mass is 32.1. The number of aromatic nitrogens is 1. The summed E-state index contributed by atoms with van der Waals surface area (Å²) >= 11 is 1.71. The molecule has 0 spiro atoms. The summed E-state index contributed by atoms with van der Waals surface area (Å²) in [5.74, 6) is 0.303. The summed E-state index contributed by atoms with van der Waals surface area (Å²) in [5, 5.41) is 2.07. The quantitative estimate of drug-likeness (QED) is 0.613. The Morgan fingerprint density at radius 2 is 2.23 bits per heavy atom. The monoisotopic (exact) mass is 362 g/mol. The smallest absolute Gasteiger partial charge is 0.248 e. The van der Waals surface area contributed by atoms with Gasteiger partial charge in [0.1, 0.15) is 5.54 Å². The van der Waals surface area contributed by atoms with Gasteiger partial charge in [-0.15, -0.1) is 11.3 Å². The molecule has 0 radical (unpaired) electrons. The summed E-state index contributed by atoms with van der Waals surface area (Å²) in [4.78, 5) is 21.2. The average molecular weight is 362 g/mol. The molecule has 0 aliphatic heterocycles. The molecule has 3 nitrogen and oxygen atoms in total. The van der Waals surface area contributed by atoms with Crippen LogP contribution in [0.1, 0.15) is 36.4 Å². The predicted octanol–water partition coefficient (Wildman–Crippen LogP) is 4.88. The highest BCUT2D eigenvalue weighted by Gasteiger charge is 2.46. The van der Waals surface area contributed by atoms with Crippen molar-refractivity contribution in [1.82, 2.24) is 4.98 Å². The van der Waals surface area contributed by atoms with E-state index in [9.17, 15) is 4.79 Å². The maximum Gasteiger partial charge on any atom is 0.248 e. The van der Waals surface area contributed by atoms with Gasteiger partial charge in [0.2, 0.25) is 5.56 Å². The number of nitrogens with zero attached hydrogens (tertiary/aromatic N) is 1. The minimum Gasteiger partial charge on any atom is -0.326 e. The number of hydrogen-bond donors (Lipinski definition) is 1. The molecule has 2 bridgehead atoms. The van der Waals surface area contributed by atoms with Gasteiger partial charge in [-0.05, 0) is 55.5 Å². The van der Waals surface area contributed by atoms with Crippen LogP contribution in [-0.2, 0) is 12.0 Å². The van der Waals surface area contributed by atoms with E-state index in [2.05, 4.69) is 48.5 Å². The Balaban J connectivity index is 1.81. The van der Waals surface area contributed by atoms with Gasteiger partial charge < -0.3 is 4.98 Å². The minimum atomic E-state index is -0.407. The summed E-state index contributed by atoms with van der Waals surface area (Å²) in [6, 6.07) is 7.73. The molecular weight excluding hydrogens is 340 g/mol. The van der Waals surface area contributed by atoms with Crippen molar-refractivity contribution in [2.24, 2.45) is 10.9 Å². The first kappa shape index (κ1) is 17.0. The molecule has 2 heterocycles. The third-order valence-electron chi connectivity index (χ3n) is 5.26. The summed E-state index contributed by atoms with van der Waals surface area (Å²) in [5.41, 5.74) is 4.41. The van der Waals surface area contributed by atoms with Gasteiger partial charge in [-0.2, -0.15) is 0 Å². The highest BCUT2D eigenvalue weighted by Crippen LogP contribution is 2.51. The molecule has 2 aliphatic carbocycles. The second kappa shape index (κ2) is 6.69. The van der Waals surface area contributed by atoms with Gasteiger partial charge in [-0.3, -0.25) is 9.79 Å². The lowest BCUT2D eigenvalue weighted by molar-refractivity contribution is 0.413. The molecule has 4 rings (SSSR count). The molecule has 2 aromatic rings. The van der Waals surface area contributed by atoms with Crippen LogP contribution in [0.3, 0.4) is 0 Å². The number of thiophene rings is 1. The number of fused-ring (bicyclic) bond motifs is 4. The lowest BCUT2D eigenvalue weighted by Crippen LogP contribution is -2.40. The van der Waals surface area contributed by atoms with Crippen molar-refractivity contribution in [2.45, 2.75) is 32.2 Å². The number of hydrogen-bond acceptors (Lipinski definition) is 3. The first-order chi connectivity index (χ1) is 12.6. The number of allylic oxidation sites excluding steroid dienone is 3. The van der Waals surface area contributed by atoms with Crippen molar-refractivity contribution in [3.63, 3.8) is 0 Å². The zero-order valence-corrected chi connectivity index (χ0v) is 15.8.